The average molecular weight is 231 g/mol. The highest BCUT2D eigenvalue weighted by atomic mass is 16.6. The summed E-state index contributed by atoms with van der Waals surface area (Å²) in [4.78, 5) is 15.5. The van der Waals surface area contributed by atoms with Crippen molar-refractivity contribution in [2.24, 2.45) is 0 Å². The Bertz CT molecular complexity index is 196. The summed E-state index contributed by atoms with van der Waals surface area (Å²) in [6.45, 7) is 7.14. The molecule has 0 fully saturated rings. The van der Waals surface area contributed by atoms with E-state index in [1.807, 2.05) is 35.0 Å². The molecule has 0 aliphatic heterocycles. The molecule has 0 aliphatic carbocycles. The molecule has 5 heteroatoms. The second-order valence-corrected chi connectivity index (χ2v) is 4.49. The highest BCUT2D eigenvalue weighted by Crippen LogP contribution is 1.88. The smallest absolute Gasteiger partial charge is 0.407 e. The van der Waals surface area contributed by atoms with Crippen LogP contribution >= 0.6 is 0 Å². The lowest BCUT2D eigenvalue weighted by Crippen LogP contribution is -2.36. The van der Waals surface area contributed by atoms with Gasteiger partial charge in [0.2, 0.25) is 0 Å². The summed E-state index contributed by atoms with van der Waals surface area (Å²) in [6, 6.07) is 0. The van der Waals surface area contributed by atoms with Gasteiger partial charge in [0.1, 0.15) is 0 Å². The van der Waals surface area contributed by atoms with Gasteiger partial charge in [-0.1, -0.05) is 0 Å². The predicted octanol–water partition coefficient (Wildman–Crippen LogP) is 0.614. The molecule has 1 N–H and O–H groups in total. The minimum atomic E-state index is -0.337. The van der Waals surface area contributed by atoms with Gasteiger partial charge >= 0.3 is 6.09 Å². The first-order valence-electron chi connectivity index (χ1n) is 5.69. The molecule has 0 saturated carbocycles. The van der Waals surface area contributed by atoms with E-state index in [1.54, 1.807) is 0 Å². The van der Waals surface area contributed by atoms with Gasteiger partial charge in [-0.15, -0.1) is 0 Å². The van der Waals surface area contributed by atoms with E-state index in [4.69, 9.17) is 4.74 Å². The number of likely N-dealkylation sites (N-methyl/N-ethyl adjacent to an activating group) is 2. The first kappa shape index (κ1) is 15.2. The number of hydrogen-bond acceptors (Lipinski definition) is 4. The normalized spacial score (nSPS) is 11.2. The molecule has 0 rings (SSSR count). The molecule has 0 atom stereocenters. The fourth-order valence-corrected chi connectivity index (χ4v) is 1.09. The van der Waals surface area contributed by atoms with Gasteiger partial charge in [0.15, 0.2) is 0 Å². The Morgan fingerprint density at radius 3 is 2.31 bits per heavy atom. The lowest BCUT2D eigenvalue weighted by atomic mass is 10.5. The van der Waals surface area contributed by atoms with E-state index < -0.39 is 0 Å². The van der Waals surface area contributed by atoms with Crippen LogP contribution in [0.15, 0.2) is 0 Å². The van der Waals surface area contributed by atoms with Gasteiger partial charge in [-0.3, -0.25) is 0 Å². The van der Waals surface area contributed by atoms with E-state index in [-0.39, 0.29) is 12.2 Å². The topological polar surface area (TPSA) is 44.8 Å². The third kappa shape index (κ3) is 9.73. The number of alkyl carbamates (subject to hydrolysis) is 1. The number of rotatable bonds is 7. The van der Waals surface area contributed by atoms with Crippen molar-refractivity contribution >= 4 is 6.09 Å². The van der Waals surface area contributed by atoms with Crippen molar-refractivity contribution in [1.82, 2.24) is 15.1 Å². The molecule has 96 valence electrons. The van der Waals surface area contributed by atoms with Crippen molar-refractivity contribution in [3.63, 3.8) is 0 Å². The molecule has 16 heavy (non-hydrogen) atoms. The second kappa shape index (κ2) is 8.35. The van der Waals surface area contributed by atoms with Crippen molar-refractivity contribution in [3.05, 3.63) is 0 Å². The first-order valence-corrected chi connectivity index (χ1v) is 5.69. The van der Waals surface area contributed by atoms with Crippen LogP contribution in [0, 0.1) is 0 Å². The molecule has 0 aromatic carbocycles. The Hall–Kier alpha value is -0.810. The molecule has 0 aliphatic rings. The summed E-state index contributed by atoms with van der Waals surface area (Å²) in [5.41, 5.74) is 0. The molecule has 0 bridgehead atoms. The molecule has 0 saturated heterocycles. The number of ether oxygens (including phenoxy) is 1. The summed E-state index contributed by atoms with van der Waals surface area (Å²) < 4.78 is 4.95. The van der Waals surface area contributed by atoms with E-state index in [9.17, 15) is 4.79 Å². The predicted molar refractivity (Wildman–Crippen MR) is 65.7 cm³/mol. The minimum Gasteiger partial charge on any atom is -0.447 e. The fourth-order valence-electron chi connectivity index (χ4n) is 1.09. The van der Waals surface area contributed by atoms with Crippen LogP contribution in [-0.4, -0.2) is 69.3 Å². The van der Waals surface area contributed by atoms with Gasteiger partial charge in [0.05, 0.1) is 6.10 Å². The Morgan fingerprint density at radius 1 is 1.19 bits per heavy atom. The zero-order chi connectivity index (χ0) is 12.6. The molecule has 1 amide bonds. The lowest BCUT2D eigenvalue weighted by Gasteiger charge is -2.19. The zero-order valence-corrected chi connectivity index (χ0v) is 11.1. The van der Waals surface area contributed by atoms with Crippen molar-refractivity contribution in [1.29, 1.82) is 0 Å². The maximum absolute atomic E-state index is 11.1. The van der Waals surface area contributed by atoms with Crippen LogP contribution in [0.3, 0.4) is 0 Å². The van der Waals surface area contributed by atoms with Crippen LogP contribution in [-0.2, 0) is 4.74 Å². The highest BCUT2D eigenvalue weighted by Gasteiger charge is 2.04. The highest BCUT2D eigenvalue weighted by molar-refractivity contribution is 5.67. The van der Waals surface area contributed by atoms with E-state index in [2.05, 4.69) is 15.1 Å². The van der Waals surface area contributed by atoms with Crippen molar-refractivity contribution in [2.45, 2.75) is 20.0 Å². The third-order valence-corrected chi connectivity index (χ3v) is 2.03. The van der Waals surface area contributed by atoms with Gasteiger partial charge in [-0.2, -0.15) is 0 Å². The number of nitrogens with one attached hydrogen (secondary N) is 1. The van der Waals surface area contributed by atoms with Crippen LogP contribution in [0.4, 0.5) is 4.79 Å². The third-order valence-electron chi connectivity index (χ3n) is 2.03. The molecule has 0 spiro atoms. The molecular formula is C11H25N3O2. The van der Waals surface area contributed by atoms with Crippen LogP contribution < -0.4 is 5.32 Å². The quantitative estimate of drug-likeness (QED) is 0.697. The molecule has 0 aromatic rings. The Kier molecular flexibility index (Phi) is 7.93. The van der Waals surface area contributed by atoms with E-state index in [1.165, 1.54) is 0 Å². The largest absolute Gasteiger partial charge is 0.447 e. The van der Waals surface area contributed by atoms with Crippen LogP contribution in [0.25, 0.3) is 0 Å². The Balaban J connectivity index is 3.46. The number of amides is 1. The van der Waals surface area contributed by atoms with Crippen LogP contribution in [0.2, 0.25) is 0 Å². The van der Waals surface area contributed by atoms with E-state index in [0.717, 1.165) is 19.6 Å². The number of carbonyl (C=O) groups excluding carboxylic acids is 1. The first-order chi connectivity index (χ1) is 7.41. The molecule has 0 unspecified atom stereocenters. The SMILES string of the molecule is CC(C)OC(=O)NCCN(C)CCN(C)C. The summed E-state index contributed by atoms with van der Waals surface area (Å²) in [6.07, 6.45) is -0.400. The van der Waals surface area contributed by atoms with E-state index >= 15 is 0 Å². The fraction of sp³-hybridized carbons (Fsp3) is 0.909. The number of hydrogen-bond donors (Lipinski definition) is 1. The van der Waals surface area contributed by atoms with Gasteiger partial charge in [0.25, 0.3) is 0 Å². The zero-order valence-electron chi connectivity index (χ0n) is 11.1. The summed E-state index contributed by atoms with van der Waals surface area (Å²) in [5.74, 6) is 0. The molecular weight excluding hydrogens is 206 g/mol. The van der Waals surface area contributed by atoms with Crippen LogP contribution in [0.1, 0.15) is 13.8 Å². The molecule has 0 aromatic heterocycles. The van der Waals surface area contributed by atoms with Gasteiger partial charge in [0, 0.05) is 26.2 Å². The summed E-state index contributed by atoms with van der Waals surface area (Å²) >= 11 is 0. The summed E-state index contributed by atoms with van der Waals surface area (Å²) in [5, 5.41) is 2.72. The Labute approximate surface area is 98.7 Å². The molecule has 0 heterocycles. The van der Waals surface area contributed by atoms with E-state index in [0.29, 0.717) is 6.54 Å². The van der Waals surface area contributed by atoms with Gasteiger partial charge in [-0.25, -0.2) is 4.79 Å². The minimum absolute atomic E-state index is 0.0635. The maximum atomic E-state index is 11.1. The van der Waals surface area contributed by atoms with Crippen molar-refractivity contribution < 1.29 is 9.53 Å². The maximum Gasteiger partial charge on any atom is 0.407 e. The molecule has 5 nitrogen and oxygen atoms in total. The summed E-state index contributed by atoms with van der Waals surface area (Å²) in [7, 11) is 6.14. The van der Waals surface area contributed by atoms with Gasteiger partial charge in [-0.05, 0) is 35.0 Å². The number of carbonyl (C=O) groups is 1. The Morgan fingerprint density at radius 2 is 1.81 bits per heavy atom. The lowest BCUT2D eigenvalue weighted by molar-refractivity contribution is 0.114. The standard InChI is InChI=1S/C11H25N3O2/c1-10(2)16-11(15)12-6-7-14(5)9-8-13(3)4/h10H,6-9H2,1-5H3,(H,12,15). The number of nitrogens with zero attached hydrogens (tertiary/aromatic N) is 2. The van der Waals surface area contributed by atoms with Gasteiger partial charge < -0.3 is 19.9 Å². The van der Waals surface area contributed by atoms with Crippen LogP contribution in [0.5, 0.6) is 0 Å². The second-order valence-electron chi connectivity index (χ2n) is 4.49. The molecule has 0 radical (unpaired) electrons. The average Bonchev–Trinajstić information content (AvgIpc) is 2.13. The van der Waals surface area contributed by atoms with Crippen molar-refractivity contribution in [2.75, 3.05) is 47.3 Å². The monoisotopic (exact) mass is 231 g/mol. The van der Waals surface area contributed by atoms with Crippen molar-refractivity contribution in [3.8, 4) is 0 Å².